The Balaban J connectivity index is 1.12. The fourth-order valence-corrected chi connectivity index (χ4v) is 6.94. The summed E-state index contributed by atoms with van der Waals surface area (Å²) in [6, 6.07) is 3.28. The first-order valence-corrected chi connectivity index (χ1v) is 15.9. The standard InChI is InChI=1S/C27H39ClN4O7S/c1-27(2,3)38-26(33)31-11-8-20(16-31)37-19-9-12-32(13-10-19)40(34,35)30-25-21-14-22(28)24(15-23(21)39-29-25)36-17-18-6-4-5-7-18/h14-15,18-20H,4-13,16-17H2,1-3H3,(H,29,30)/t20-/m0/s1. The van der Waals surface area contributed by atoms with Crippen LogP contribution in [0.5, 0.6) is 5.75 Å². The zero-order valence-corrected chi connectivity index (χ0v) is 24.9. The summed E-state index contributed by atoms with van der Waals surface area (Å²) >= 11 is 6.45. The Kier molecular flexibility index (Phi) is 8.70. The number of rotatable bonds is 8. The van der Waals surface area contributed by atoms with Crippen molar-refractivity contribution in [2.75, 3.05) is 37.5 Å². The summed E-state index contributed by atoms with van der Waals surface area (Å²) in [6.07, 6.45) is 6.11. The van der Waals surface area contributed by atoms with Gasteiger partial charge in [0.15, 0.2) is 11.4 Å². The molecule has 1 aromatic carbocycles. The largest absolute Gasteiger partial charge is 0.492 e. The summed E-state index contributed by atoms with van der Waals surface area (Å²) in [5.41, 5.74) is -0.147. The van der Waals surface area contributed by atoms with Gasteiger partial charge in [-0.25, -0.2) is 4.79 Å². The predicted molar refractivity (Wildman–Crippen MR) is 151 cm³/mol. The molecule has 13 heteroatoms. The average molecular weight is 599 g/mol. The molecule has 11 nitrogen and oxygen atoms in total. The topological polar surface area (TPSA) is 123 Å². The monoisotopic (exact) mass is 598 g/mol. The van der Waals surface area contributed by atoms with Crippen molar-refractivity contribution in [3.8, 4) is 5.75 Å². The van der Waals surface area contributed by atoms with Crippen LogP contribution in [0.25, 0.3) is 11.0 Å². The lowest BCUT2D eigenvalue weighted by Gasteiger charge is -2.32. The van der Waals surface area contributed by atoms with E-state index in [-0.39, 0.29) is 24.1 Å². The van der Waals surface area contributed by atoms with E-state index in [9.17, 15) is 13.2 Å². The zero-order valence-electron chi connectivity index (χ0n) is 23.4. The van der Waals surface area contributed by atoms with Crippen LogP contribution in [0.4, 0.5) is 10.6 Å². The van der Waals surface area contributed by atoms with Gasteiger partial charge in [-0.15, -0.1) is 0 Å². The molecule has 2 saturated heterocycles. The highest BCUT2D eigenvalue weighted by Gasteiger charge is 2.34. The van der Waals surface area contributed by atoms with E-state index in [0.717, 1.165) is 19.3 Å². The third-order valence-electron chi connectivity index (χ3n) is 7.62. The molecule has 0 bridgehead atoms. The molecule has 0 radical (unpaired) electrons. The van der Waals surface area contributed by atoms with Crippen LogP contribution in [0.1, 0.15) is 65.7 Å². The van der Waals surface area contributed by atoms with Gasteiger partial charge in [0.2, 0.25) is 0 Å². The number of hydrogen-bond donors (Lipinski definition) is 1. The maximum atomic E-state index is 13.2. The van der Waals surface area contributed by atoms with E-state index in [4.69, 9.17) is 30.3 Å². The molecule has 5 rings (SSSR count). The van der Waals surface area contributed by atoms with E-state index >= 15 is 0 Å². The number of halogens is 1. The number of anilines is 1. The lowest BCUT2D eigenvalue weighted by atomic mass is 10.1. The van der Waals surface area contributed by atoms with Crippen LogP contribution >= 0.6 is 11.6 Å². The van der Waals surface area contributed by atoms with Crippen molar-refractivity contribution < 1.29 is 31.9 Å². The normalized spacial score (nSPS) is 21.8. The average Bonchev–Trinajstić information content (AvgIpc) is 3.64. The van der Waals surface area contributed by atoms with Crippen LogP contribution in [0.2, 0.25) is 5.02 Å². The molecule has 2 aliphatic heterocycles. The van der Waals surface area contributed by atoms with E-state index in [1.807, 2.05) is 20.8 Å². The fourth-order valence-electron chi connectivity index (χ4n) is 5.51. The molecule has 3 heterocycles. The Hall–Kier alpha value is -2.28. The van der Waals surface area contributed by atoms with Crippen LogP contribution in [0.3, 0.4) is 0 Å². The number of nitrogens with one attached hydrogen (secondary N) is 1. The molecule has 1 N–H and O–H groups in total. The Morgan fingerprint density at radius 3 is 2.50 bits per heavy atom. The highest BCUT2D eigenvalue weighted by molar-refractivity contribution is 7.90. The van der Waals surface area contributed by atoms with E-state index in [0.29, 0.717) is 73.3 Å². The van der Waals surface area contributed by atoms with Crippen LogP contribution < -0.4 is 9.46 Å². The van der Waals surface area contributed by atoms with Crippen molar-refractivity contribution in [3.63, 3.8) is 0 Å². The maximum absolute atomic E-state index is 13.2. The number of piperidine rings is 1. The SMILES string of the molecule is CC(C)(C)OC(=O)N1CC[C@H](OC2CCN(S(=O)(=O)Nc3noc4cc(OCC5CCCC5)c(Cl)cc34)CC2)C1. The predicted octanol–water partition coefficient (Wildman–Crippen LogP) is 5.20. The molecule has 3 fully saturated rings. The molecule has 40 heavy (non-hydrogen) atoms. The Bertz CT molecular complexity index is 1300. The highest BCUT2D eigenvalue weighted by atomic mass is 35.5. The van der Waals surface area contributed by atoms with Gasteiger partial charge in [0.25, 0.3) is 0 Å². The summed E-state index contributed by atoms with van der Waals surface area (Å²) in [5.74, 6) is 1.12. The van der Waals surface area contributed by atoms with Gasteiger partial charge in [-0.1, -0.05) is 29.6 Å². The van der Waals surface area contributed by atoms with Gasteiger partial charge in [0.05, 0.1) is 35.8 Å². The molecule has 1 amide bonds. The van der Waals surface area contributed by atoms with Crippen LogP contribution in [-0.4, -0.2) is 79.5 Å². The number of nitrogens with zero attached hydrogens (tertiary/aromatic N) is 3. The molecular weight excluding hydrogens is 560 g/mol. The van der Waals surface area contributed by atoms with Crippen molar-refractivity contribution in [1.82, 2.24) is 14.4 Å². The third-order valence-corrected chi connectivity index (χ3v) is 9.41. The van der Waals surface area contributed by atoms with Gasteiger partial charge < -0.3 is 23.6 Å². The molecule has 1 aliphatic carbocycles. The minimum Gasteiger partial charge on any atom is -0.492 e. The van der Waals surface area contributed by atoms with E-state index in [1.54, 1.807) is 17.0 Å². The molecule has 1 aromatic heterocycles. The second kappa shape index (κ2) is 11.9. The lowest BCUT2D eigenvalue weighted by Crippen LogP contribution is -2.44. The second-order valence-corrected chi connectivity index (χ2v) is 14.0. The Labute approximate surface area is 240 Å². The smallest absolute Gasteiger partial charge is 0.410 e. The van der Waals surface area contributed by atoms with Crippen molar-refractivity contribution in [2.24, 2.45) is 5.92 Å². The number of carbonyl (C=O) groups is 1. The third kappa shape index (κ3) is 7.13. The van der Waals surface area contributed by atoms with E-state index in [2.05, 4.69) is 9.88 Å². The first-order chi connectivity index (χ1) is 19.0. The number of benzene rings is 1. The number of aromatic nitrogens is 1. The quantitative estimate of drug-likeness (QED) is 0.440. The van der Waals surface area contributed by atoms with Gasteiger partial charge in [-0.05, 0) is 64.9 Å². The minimum absolute atomic E-state index is 0.0793. The molecule has 0 spiro atoms. The summed E-state index contributed by atoms with van der Waals surface area (Å²) in [4.78, 5) is 14.0. The van der Waals surface area contributed by atoms with Gasteiger partial charge in [-0.2, -0.15) is 12.7 Å². The summed E-state index contributed by atoms with van der Waals surface area (Å²) in [7, 11) is -3.87. The van der Waals surface area contributed by atoms with Crippen LogP contribution in [0, 0.1) is 5.92 Å². The Morgan fingerprint density at radius 1 is 1.10 bits per heavy atom. The number of fused-ring (bicyclic) bond motifs is 1. The first-order valence-electron chi connectivity index (χ1n) is 14.1. The van der Waals surface area contributed by atoms with Gasteiger partial charge in [0, 0.05) is 25.7 Å². The number of likely N-dealkylation sites (tertiary alicyclic amines) is 1. The molecular formula is C27H39ClN4O7S. The van der Waals surface area contributed by atoms with Crippen molar-refractivity contribution in [1.29, 1.82) is 0 Å². The second-order valence-electron chi connectivity index (χ2n) is 12.0. The van der Waals surface area contributed by atoms with Crippen molar-refractivity contribution in [2.45, 2.75) is 83.5 Å². The first kappa shape index (κ1) is 29.2. The van der Waals surface area contributed by atoms with Gasteiger partial charge in [0.1, 0.15) is 11.4 Å². The summed E-state index contributed by atoms with van der Waals surface area (Å²) in [5, 5.41) is 4.80. The molecule has 0 unspecified atom stereocenters. The Morgan fingerprint density at radius 2 is 1.80 bits per heavy atom. The molecule has 1 atom stereocenters. The maximum Gasteiger partial charge on any atom is 0.410 e. The van der Waals surface area contributed by atoms with Crippen LogP contribution in [0.15, 0.2) is 16.7 Å². The lowest BCUT2D eigenvalue weighted by molar-refractivity contribution is -0.0306. The van der Waals surface area contributed by atoms with E-state index < -0.39 is 15.8 Å². The molecule has 3 aliphatic rings. The molecule has 222 valence electrons. The number of amides is 1. The van der Waals surface area contributed by atoms with E-state index in [1.165, 1.54) is 17.1 Å². The van der Waals surface area contributed by atoms with Gasteiger partial charge >= 0.3 is 16.3 Å². The number of ether oxygens (including phenoxy) is 3. The zero-order chi connectivity index (χ0) is 28.5. The molecule has 2 aromatic rings. The van der Waals surface area contributed by atoms with Crippen molar-refractivity contribution in [3.05, 3.63) is 17.2 Å². The summed E-state index contributed by atoms with van der Waals surface area (Å²) < 4.78 is 53.2. The fraction of sp³-hybridized carbons (Fsp3) is 0.704. The molecule has 1 saturated carbocycles. The number of carbonyl (C=O) groups excluding carboxylic acids is 1. The van der Waals surface area contributed by atoms with Crippen molar-refractivity contribution >= 4 is 44.7 Å². The highest BCUT2D eigenvalue weighted by Crippen LogP contribution is 2.35. The number of hydrogen-bond acceptors (Lipinski definition) is 8. The minimum atomic E-state index is -3.87. The van der Waals surface area contributed by atoms with Crippen LogP contribution in [-0.2, 0) is 19.7 Å². The van der Waals surface area contributed by atoms with Gasteiger partial charge in [-0.3, -0.25) is 4.72 Å². The summed E-state index contributed by atoms with van der Waals surface area (Å²) in [6.45, 7) is 7.79.